The Bertz CT molecular complexity index is 995. The number of hydrogen-bond donors (Lipinski definition) is 0. The molecule has 0 amide bonds. The van der Waals surface area contributed by atoms with E-state index < -0.39 is 10.9 Å². The van der Waals surface area contributed by atoms with E-state index in [1.807, 2.05) is 30.3 Å². The third-order valence-corrected chi connectivity index (χ3v) is 5.52. The molecule has 1 aromatic heterocycles. The number of nitrogens with zero attached hydrogens (tertiary/aromatic N) is 5. The van der Waals surface area contributed by atoms with Crippen molar-refractivity contribution in [3.05, 3.63) is 52.3 Å². The zero-order valence-corrected chi connectivity index (χ0v) is 19.4. The average molecular weight is 472 g/mol. The first-order chi connectivity index (χ1) is 16.4. The quantitative estimate of drug-likeness (QED) is 0.290. The molecule has 0 saturated carbocycles. The minimum Gasteiger partial charge on any atom is -0.466 e. The first kappa shape index (κ1) is 24.9. The topological polar surface area (TPSA) is 128 Å². The second-order valence-corrected chi connectivity index (χ2v) is 7.79. The van der Waals surface area contributed by atoms with E-state index in [9.17, 15) is 19.7 Å². The van der Waals surface area contributed by atoms with E-state index in [2.05, 4.69) is 9.97 Å². The van der Waals surface area contributed by atoms with Crippen LogP contribution in [-0.2, 0) is 25.6 Å². The molecule has 0 spiro atoms. The first-order valence-electron chi connectivity index (χ1n) is 11.3. The molecule has 34 heavy (non-hydrogen) atoms. The van der Waals surface area contributed by atoms with Crippen LogP contribution in [0.2, 0.25) is 0 Å². The highest BCUT2D eigenvalue weighted by molar-refractivity contribution is 5.79. The van der Waals surface area contributed by atoms with E-state index in [0.717, 1.165) is 5.56 Å². The first-order valence-corrected chi connectivity index (χ1v) is 11.3. The second-order valence-electron chi connectivity index (χ2n) is 7.79. The van der Waals surface area contributed by atoms with Crippen LogP contribution in [0.25, 0.3) is 0 Å². The van der Waals surface area contributed by atoms with Crippen LogP contribution in [0.5, 0.6) is 0 Å². The molecule has 0 aliphatic carbocycles. The van der Waals surface area contributed by atoms with E-state index in [1.165, 1.54) is 11.2 Å². The van der Waals surface area contributed by atoms with E-state index in [4.69, 9.17) is 9.47 Å². The Morgan fingerprint density at radius 2 is 1.79 bits per heavy atom. The number of carbonyl (C=O) groups excluding carboxylic acids is 2. The molecule has 0 bridgehead atoms. The van der Waals surface area contributed by atoms with Gasteiger partial charge in [-0.2, -0.15) is 0 Å². The Morgan fingerprint density at radius 1 is 1.12 bits per heavy atom. The molecule has 11 nitrogen and oxygen atoms in total. The number of esters is 2. The fourth-order valence-corrected chi connectivity index (χ4v) is 3.95. The highest BCUT2D eigenvalue weighted by Gasteiger charge is 2.34. The molecule has 1 aliphatic rings. The zero-order chi connectivity index (χ0) is 24.5. The predicted octanol–water partition coefficient (Wildman–Crippen LogP) is 2.73. The summed E-state index contributed by atoms with van der Waals surface area (Å²) in [4.78, 5) is 47.8. The van der Waals surface area contributed by atoms with Gasteiger partial charge in [-0.05, 0) is 32.3 Å². The van der Waals surface area contributed by atoms with Crippen molar-refractivity contribution in [3.63, 3.8) is 0 Å². The lowest BCUT2D eigenvalue weighted by atomic mass is 9.97. The Hall–Kier alpha value is -3.76. The number of rotatable bonds is 10. The molecule has 2 aromatic rings. The van der Waals surface area contributed by atoms with Gasteiger partial charge in [-0.1, -0.05) is 30.3 Å². The Morgan fingerprint density at radius 3 is 2.41 bits per heavy atom. The number of piperidine rings is 1. The maximum atomic E-state index is 12.3. The number of hydrogen-bond acceptors (Lipinski definition) is 10. The van der Waals surface area contributed by atoms with E-state index in [0.29, 0.717) is 32.5 Å². The lowest BCUT2D eigenvalue weighted by Gasteiger charge is -2.32. The van der Waals surface area contributed by atoms with Crippen LogP contribution in [0.15, 0.2) is 36.7 Å². The molecule has 0 atom stereocenters. The van der Waals surface area contributed by atoms with Crippen LogP contribution < -0.4 is 9.80 Å². The number of aromatic nitrogens is 2. The number of benzene rings is 1. The molecule has 2 heterocycles. The molecule has 0 N–H and O–H groups in total. The Labute approximate surface area is 197 Å². The largest absolute Gasteiger partial charge is 0.466 e. The molecule has 1 aliphatic heterocycles. The molecule has 1 fully saturated rings. The minimum atomic E-state index is -0.523. The molecule has 1 saturated heterocycles. The molecular formula is C23H29N5O6. The van der Waals surface area contributed by atoms with E-state index in [1.54, 1.807) is 18.7 Å². The van der Waals surface area contributed by atoms with Crippen LogP contribution in [0.4, 0.5) is 17.3 Å². The molecule has 0 unspecified atom stereocenters. The summed E-state index contributed by atoms with van der Waals surface area (Å²) in [5.41, 5.74) is 0.578. The number of ether oxygens (including phenoxy) is 2. The Kier molecular flexibility index (Phi) is 8.72. The summed E-state index contributed by atoms with van der Waals surface area (Å²) in [6.45, 7) is 4.82. The third kappa shape index (κ3) is 6.18. The standard InChI is InChI=1S/C23H29N5O6/c1-3-33-19(29)15-27(14-17-8-6-5-7-9-17)22-20(28(31)32)21(24-16-25-22)26-12-10-18(11-13-26)23(30)34-4-2/h5-9,16,18H,3-4,10-15H2,1-2H3. The summed E-state index contributed by atoms with van der Waals surface area (Å²) in [7, 11) is 0. The van der Waals surface area contributed by atoms with Crippen molar-refractivity contribution in [3.8, 4) is 0 Å². The highest BCUT2D eigenvalue weighted by Crippen LogP contribution is 2.36. The second kappa shape index (κ2) is 11.9. The summed E-state index contributed by atoms with van der Waals surface area (Å²) in [6.07, 6.45) is 2.27. The molecule has 0 radical (unpaired) electrons. The normalized spacial score (nSPS) is 13.9. The lowest BCUT2D eigenvalue weighted by Crippen LogP contribution is -2.38. The molecule has 182 valence electrons. The van der Waals surface area contributed by atoms with Crippen LogP contribution >= 0.6 is 0 Å². The van der Waals surface area contributed by atoms with Crippen LogP contribution in [-0.4, -0.2) is 59.7 Å². The summed E-state index contributed by atoms with van der Waals surface area (Å²) in [5.74, 6) is -0.791. The van der Waals surface area contributed by atoms with E-state index >= 15 is 0 Å². The van der Waals surface area contributed by atoms with Gasteiger partial charge in [0.25, 0.3) is 0 Å². The minimum absolute atomic E-state index is 0.0411. The van der Waals surface area contributed by atoms with Crippen molar-refractivity contribution >= 4 is 29.3 Å². The third-order valence-electron chi connectivity index (χ3n) is 5.52. The van der Waals surface area contributed by atoms with Crippen molar-refractivity contribution in [2.45, 2.75) is 33.2 Å². The highest BCUT2D eigenvalue weighted by atomic mass is 16.6. The summed E-state index contributed by atoms with van der Waals surface area (Å²) >= 11 is 0. The smallest absolute Gasteiger partial charge is 0.353 e. The molecule has 1 aromatic carbocycles. The maximum Gasteiger partial charge on any atom is 0.353 e. The van der Waals surface area contributed by atoms with Gasteiger partial charge in [0, 0.05) is 19.6 Å². The monoisotopic (exact) mass is 471 g/mol. The summed E-state index contributed by atoms with van der Waals surface area (Å²) in [6, 6.07) is 9.31. The average Bonchev–Trinajstić information content (AvgIpc) is 2.84. The number of carbonyl (C=O) groups is 2. The van der Waals surface area contributed by atoms with Gasteiger partial charge in [0.05, 0.1) is 24.1 Å². The van der Waals surface area contributed by atoms with Crippen molar-refractivity contribution in [1.29, 1.82) is 0 Å². The lowest BCUT2D eigenvalue weighted by molar-refractivity contribution is -0.383. The van der Waals surface area contributed by atoms with Crippen molar-refractivity contribution in [2.24, 2.45) is 5.92 Å². The zero-order valence-electron chi connectivity index (χ0n) is 19.4. The van der Waals surface area contributed by atoms with Gasteiger partial charge in [-0.3, -0.25) is 19.7 Å². The fourth-order valence-electron chi connectivity index (χ4n) is 3.95. The Balaban J connectivity index is 1.91. The van der Waals surface area contributed by atoms with Crippen LogP contribution in [0.1, 0.15) is 32.3 Å². The number of nitro groups is 1. The van der Waals surface area contributed by atoms with Gasteiger partial charge in [0.2, 0.25) is 11.6 Å². The fraction of sp³-hybridized carbons (Fsp3) is 0.478. The maximum absolute atomic E-state index is 12.3. The van der Waals surface area contributed by atoms with Gasteiger partial charge in [-0.25, -0.2) is 9.97 Å². The van der Waals surface area contributed by atoms with Crippen molar-refractivity contribution in [1.82, 2.24) is 9.97 Å². The van der Waals surface area contributed by atoms with Crippen molar-refractivity contribution in [2.75, 3.05) is 42.6 Å². The summed E-state index contributed by atoms with van der Waals surface area (Å²) < 4.78 is 10.2. The SMILES string of the molecule is CCOC(=O)CN(Cc1ccccc1)c1ncnc(N2CCC(C(=O)OCC)CC2)c1[N+](=O)[O-]. The van der Waals surface area contributed by atoms with Crippen LogP contribution in [0.3, 0.4) is 0 Å². The van der Waals surface area contributed by atoms with Crippen LogP contribution in [0, 0.1) is 16.0 Å². The summed E-state index contributed by atoms with van der Waals surface area (Å²) in [5, 5.41) is 12.2. The molecule has 11 heteroatoms. The predicted molar refractivity (Wildman–Crippen MR) is 124 cm³/mol. The van der Waals surface area contributed by atoms with Gasteiger partial charge < -0.3 is 19.3 Å². The number of anilines is 2. The van der Waals surface area contributed by atoms with E-state index in [-0.39, 0.29) is 48.9 Å². The van der Waals surface area contributed by atoms with Gasteiger partial charge >= 0.3 is 17.6 Å². The molecule has 3 rings (SSSR count). The van der Waals surface area contributed by atoms with Gasteiger partial charge in [0.15, 0.2) is 0 Å². The van der Waals surface area contributed by atoms with Gasteiger partial charge in [0.1, 0.15) is 12.9 Å². The van der Waals surface area contributed by atoms with Crippen molar-refractivity contribution < 1.29 is 24.0 Å². The molecular weight excluding hydrogens is 442 g/mol. The van der Waals surface area contributed by atoms with Gasteiger partial charge in [-0.15, -0.1) is 0 Å².